The first-order chi connectivity index (χ1) is 17.9. The highest BCUT2D eigenvalue weighted by Crippen LogP contribution is 2.29. The number of rotatable bonds is 8. The molecule has 5 rings (SSSR count). The van der Waals surface area contributed by atoms with Crippen molar-refractivity contribution in [3.05, 3.63) is 103 Å². The zero-order chi connectivity index (χ0) is 25.9. The highest BCUT2D eigenvalue weighted by Gasteiger charge is 2.39. The maximum atomic E-state index is 13.2. The van der Waals surface area contributed by atoms with E-state index in [0.717, 1.165) is 5.56 Å². The van der Waals surface area contributed by atoms with Crippen LogP contribution in [0.1, 0.15) is 28.0 Å². The number of ketones is 1. The number of halogens is 1. The van der Waals surface area contributed by atoms with Gasteiger partial charge in [0.15, 0.2) is 0 Å². The summed E-state index contributed by atoms with van der Waals surface area (Å²) in [6.45, 7) is 4.24. The molecule has 9 nitrogen and oxygen atoms in total. The van der Waals surface area contributed by atoms with Gasteiger partial charge in [-0.1, -0.05) is 12.1 Å². The summed E-state index contributed by atoms with van der Waals surface area (Å²) >= 11 is 0. The van der Waals surface area contributed by atoms with Gasteiger partial charge in [-0.05, 0) is 67.3 Å². The van der Waals surface area contributed by atoms with Crippen LogP contribution in [0, 0.1) is 18.7 Å². The van der Waals surface area contributed by atoms with Crippen LogP contribution in [0.5, 0.6) is 11.5 Å². The van der Waals surface area contributed by atoms with E-state index in [1.807, 2.05) is 18.2 Å². The molecule has 2 aromatic heterocycles. The number of nitrogens with zero attached hydrogens (tertiary/aromatic N) is 4. The van der Waals surface area contributed by atoms with Gasteiger partial charge in [-0.25, -0.2) is 14.4 Å². The number of aliphatic hydroxyl groups excluding tert-OH is 2. The molecular formula is C27H25FN5O4. The molecule has 1 aliphatic rings. The van der Waals surface area contributed by atoms with Crippen molar-refractivity contribution in [3.63, 3.8) is 0 Å². The summed E-state index contributed by atoms with van der Waals surface area (Å²) in [5.41, 5.74) is 1.30. The van der Waals surface area contributed by atoms with E-state index >= 15 is 0 Å². The van der Waals surface area contributed by atoms with Gasteiger partial charge >= 0.3 is 0 Å². The topological polar surface area (TPSA) is 122 Å². The molecule has 2 heterocycles. The highest BCUT2D eigenvalue weighted by atomic mass is 19.1. The van der Waals surface area contributed by atoms with Crippen LogP contribution in [0.3, 0.4) is 0 Å². The van der Waals surface area contributed by atoms with Crippen LogP contribution in [0.4, 0.5) is 10.2 Å². The Kier molecular flexibility index (Phi) is 6.93. The minimum Gasteiger partial charge on any atom is -0.457 e. The Morgan fingerprint density at radius 2 is 1.95 bits per heavy atom. The van der Waals surface area contributed by atoms with E-state index in [2.05, 4.69) is 27.3 Å². The molecule has 0 aliphatic heterocycles. The zero-order valence-electron chi connectivity index (χ0n) is 19.7. The Morgan fingerprint density at radius 3 is 2.70 bits per heavy atom. The van der Waals surface area contributed by atoms with Crippen molar-refractivity contribution in [3.8, 4) is 11.5 Å². The minimum absolute atomic E-state index is 0.205. The predicted molar refractivity (Wildman–Crippen MR) is 133 cm³/mol. The molecule has 1 aliphatic carbocycles. The van der Waals surface area contributed by atoms with Gasteiger partial charge in [0, 0.05) is 12.4 Å². The smallest absolute Gasteiger partial charge is 0.218 e. The van der Waals surface area contributed by atoms with Gasteiger partial charge in [0.1, 0.15) is 41.3 Å². The van der Waals surface area contributed by atoms with Crippen LogP contribution in [-0.2, 0) is 6.54 Å². The number of carbonyl (C=O) groups excluding carboxylic acids is 1. The summed E-state index contributed by atoms with van der Waals surface area (Å²) < 4.78 is 20.6. The third kappa shape index (κ3) is 5.50. The number of ether oxygens (including phenoxy) is 1. The molecule has 0 amide bonds. The van der Waals surface area contributed by atoms with E-state index in [0.29, 0.717) is 24.5 Å². The molecule has 1 radical (unpaired) electrons. The lowest BCUT2D eigenvalue weighted by Gasteiger charge is -2.19. The largest absolute Gasteiger partial charge is 0.457 e. The highest BCUT2D eigenvalue weighted by molar-refractivity contribution is 6.10. The fourth-order valence-corrected chi connectivity index (χ4v) is 4.29. The third-order valence-electron chi connectivity index (χ3n) is 6.25. The van der Waals surface area contributed by atoms with Crippen LogP contribution >= 0.6 is 0 Å². The monoisotopic (exact) mass is 502 g/mol. The molecule has 1 saturated carbocycles. The Morgan fingerprint density at radius 1 is 1.14 bits per heavy atom. The first kappa shape index (κ1) is 24.5. The first-order valence-electron chi connectivity index (χ1n) is 11.7. The second-order valence-corrected chi connectivity index (χ2v) is 8.94. The van der Waals surface area contributed by atoms with E-state index in [-0.39, 0.29) is 34.6 Å². The number of aliphatic hydroxyl groups is 2. The van der Waals surface area contributed by atoms with Crippen molar-refractivity contribution in [2.75, 3.05) is 5.32 Å². The Balaban J connectivity index is 1.28. The van der Waals surface area contributed by atoms with Crippen molar-refractivity contribution in [1.82, 2.24) is 19.7 Å². The summed E-state index contributed by atoms with van der Waals surface area (Å²) in [6, 6.07) is 14.3. The van der Waals surface area contributed by atoms with Crippen LogP contribution in [0.2, 0.25) is 0 Å². The van der Waals surface area contributed by atoms with Crippen molar-refractivity contribution in [2.24, 2.45) is 5.92 Å². The molecule has 0 bridgehead atoms. The fourth-order valence-electron chi connectivity index (χ4n) is 4.29. The third-order valence-corrected chi connectivity index (χ3v) is 6.25. The van der Waals surface area contributed by atoms with E-state index in [1.165, 1.54) is 24.7 Å². The lowest BCUT2D eigenvalue weighted by atomic mass is 10.1. The van der Waals surface area contributed by atoms with Gasteiger partial charge in [-0.15, -0.1) is 0 Å². The summed E-state index contributed by atoms with van der Waals surface area (Å²) in [5, 5.41) is 27.8. The van der Waals surface area contributed by atoms with E-state index < -0.39 is 18.2 Å². The number of nitrogens with one attached hydrogen (secondary N) is 1. The standard InChI is InChI=1S/C27H25FN5O4/c1-16-11-23(26(36)24(16)34)31-27-21(13-29-15-30-27)25(35)22-9-10-33(32-22)14-17-3-2-4-20(12-17)37-19-7-5-18(28)6-8-19/h2-10,12-13,15-16,23-24,26,34,36H,1,11,14H2,(H,29,30,31)/t16-,23-,24-,26+/m1/s1. The Labute approximate surface area is 212 Å². The molecule has 3 N–H and O–H groups in total. The van der Waals surface area contributed by atoms with Crippen molar-refractivity contribution in [1.29, 1.82) is 0 Å². The summed E-state index contributed by atoms with van der Waals surface area (Å²) in [4.78, 5) is 21.4. The van der Waals surface area contributed by atoms with E-state index in [1.54, 1.807) is 35.1 Å². The molecule has 0 saturated heterocycles. The molecule has 2 aromatic carbocycles. The molecule has 189 valence electrons. The number of hydrogen-bond acceptors (Lipinski definition) is 8. The second kappa shape index (κ2) is 10.5. The lowest BCUT2D eigenvalue weighted by molar-refractivity contribution is 0.0256. The van der Waals surface area contributed by atoms with Crippen molar-refractivity contribution >= 4 is 11.6 Å². The molecule has 1 fully saturated rings. The summed E-state index contributed by atoms with van der Waals surface area (Å²) in [7, 11) is 0. The minimum atomic E-state index is -1.03. The Hall–Kier alpha value is -4.15. The van der Waals surface area contributed by atoms with Crippen LogP contribution in [-0.4, -0.2) is 54.0 Å². The predicted octanol–water partition coefficient (Wildman–Crippen LogP) is 3.24. The van der Waals surface area contributed by atoms with E-state index in [9.17, 15) is 19.4 Å². The molecule has 10 heteroatoms. The van der Waals surface area contributed by atoms with E-state index in [4.69, 9.17) is 4.74 Å². The molecule has 0 unspecified atom stereocenters. The van der Waals surface area contributed by atoms with Gasteiger partial charge < -0.3 is 20.3 Å². The normalized spacial score (nSPS) is 21.1. The average Bonchev–Trinajstić information content (AvgIpc) is 3.46. The zero-order valence-corrected chi connectivity index (χ0v) is 19.7. The van der Waals surface area contributed by atoms with Crippen LogP contribution in [0.15, 0.2) is 73.3 Å². The van der Waals surface area contributed by atoms with Gasteiger partial charge in [0.05, 0.1) is 24.3 Å². The number of anilines is 1. The van der Waals surface area contributed by atoms with Crippen LogP contribution in [0.25, 0.3) is 0 Å². The molecule has 0 spiro atoms. The summed E-state index contributed by atoms with van der Waals surface area (Å²) in [5.74, 6) is 0.319. The maximum absolute atomic E-state index is 13.2. The van der Waals surface area contributed by atoms with Gasteiger partial charge in [0.25, 0.3) is 0 Å². The number of benzene rings is 2. The first-order valence-corrected chi connectivity index (χ1v) is 11.7. The maximum Gasteiger partial charge on any atom is 0.218 e. The molecular weight excluding hydrogens is 477 g/mol. The molecule has 37 heavy (non-hydrogen) atoms. The lowest BCUT2D eigenvalue weighted by Crippen LogP contribution is -2.35. The van der Waals surface area contributed by atoms with Crippen LogP contribution < -0.4 is 10.1 Å². The SMILES string of the molecule is [CH2][C@@H]1C[C@@H](Nc2ncncc2C(=O)c2ccn(Cc3cccc(Oc4ccc(F)cc4)c3)n2)[C@H](O)[C@@H]1O. The van der Waals surface area contributed by atoms with Crippen molar-refractivity contribution < 1.29 is 24.1 Å². The van der Waals surface area contributed by atoms with Gasteiger partial charge in [-0.2, -0.15) is 5.10 Å². The quantitative estimate of drug-likeness (QED) is 0.314. The second-order valence-electron chi connectivity index (χ2n) is 8.94. The fraction of sp³-hybridized carbons (Fsp3) is 0.222. The Bertz CT molecular complexity index is 1390. The van der Waals surface area contributed by atoms with Gasteiger partial charge in [0.2, 0.25) is 5.78 Å². The summed E-state index contributed by atoms with van der Waals surface area (Å²) in [6.07, 6.45) is 2.85. The molecule has 4 aromatic rings. The van der Waals surface area contributed by atoms with Crippen molar-refractivity contribution in [2.45, 2.75) is 31.2 Å². The molecule has 4 atom stereocenters. The van der Waals surface area contributed by atoms with Gasteiger partial charge in [-0.3, -0.25) is 9.48 Å². The number of hydrogen-bond donors (Lipinski definition) is 3. The average molecular weight is 503 g/mol. The number of carbonyl (C=O) groups is 1. The number of aromatic nitrogens is 4.